The van der Waals surface area contributed by atoms with Crippen molar-refractivity contribution in [2.45, 2.75) is 0 Å². The van der Waals surface area contributed by atoms with Crippen LogP contribution in [0.5, 0.6) is 0 Å². The van der Waals surface area contributed by atoms with Crippen molar-refractivity contribution < 1.29 is 4.42 Å². The van der Waals surface area contributed by atoms with E-state index in [0.717, 1.165) is 44.5 Å². The number of aromatic nitrogens is 5. The lowest BCUT2D eigenvalue weighted by Crippen LogP contribution is -1.95. The van der Waals surface area contributed by atoms with Gasteiger partial charge in [-0.3, -0.25) is 0 Å². The third kappa shape index (κ3) is 2.73. The van der Waals surface area contributed by atoms with Crippen LogP contribution in [0.15, 0.2) is 132 Å². The van der Waals surface area contributed by atoms with E-state index in [2.05, 4.69) is 117 Å². The van der Waals surface area contributed by atoms with Gasteiger partial charge in [-0.2, -0.15) is 9.61 Å². The van der Waals surface area contributed by atoms with Crippen LogP contribution in [-0.4, -0.2) is 23.7 Å². The van der Waals surface area contributed by atoms with Gasteiger partial charge in [-0.05, 0) is 60.7 Å². The zero-order valence-corrected chi connectivity index (χ0v) is 22.3. The number of fused-ring (bicyclic) bond motifs is 11. The van der Waals surface area contributed by atoms with Gasteiger partial charge in [0.1, 0.15) is 11.1 Å². The normalized spacial score (nSPS) is 12.3. The number of benzene rings is 5. The molecule has 0 unspecified atom stereocenters. The molecule has 0 aliphatic heterocycles. The summed E-state index contributed by atoms with van der Waals surface area (Å²) in [7, 11) is 0. The number of para-hydroxylation sites is 3. The SMILES string of the molecule is c1ccc(-n2c3ccccc3c3cc4c(cc32)c2ccccc2n4-c2cccc3oc4c(nc5cccnn54)c23)cc1. The second kappa shape index (κ2) is 7.86. The molecule has 0 aliphatic carbocycles. The highest BCUT2D eigenvalue weighted by atomic mass is 16.3. The van der Waals surface area contributed by atoms with Crippen molar-refractivity contribution in [3.63, 3.8) is 0 Å². The second-order valence-corrected chi connectivity index (χ2v) is 10.7. The summed E-state index contributed by atoms with van der Waals surface area (Å²) >= 11 is 0. The largest absolute Gasteiger partial charge is 0.436 e. The molecule has 196 valence electrons. The highest BCUT2D eigenvalue weighted by molar-refractivity contribution is 6.20. The lowest BCUT2D eigenvalue weighted by Gasteiger charge is -2.10. The molecule has 42 heavy (non-hydrogen) atoms. The molecule has 5 heterocycles. The predicted octanol–water partition coefficient (Wildman–Crippen LogP) is 8.82. The first-order valence-corrected chi connectivity index (χ1v) is 14.0. The van der Waals surface area contributed by atoms with Gasteiger partial charge in [0.25, 0.3) is 0 Å². The topological polar surface area (TPSA) is 53.2 Å². The fourth-order valence-corrected chi connectivity index (χ4v) is 6.80. The molecule has 0 amide bonds. The van der Waals surface area contributed by atoms with E-state index in [1.807, 2.05) is 18.2 Å². The molecule has 0 N–H and O–H groups in total. The molecule has 10 aromatic rings. The Kier molecular flexibility index (Phi) is 4.10. The van der Waals surface area contributed by atoms with E-state index in [4.69, 9.17) is 9.40 Å². The first-order chi connectivity index (χ1) is 20.8. The maximum atomic E-state index is 6.37. The summed E-state index contributed by atoms with van der Waals surface area (Å²) < 4.78 is 12.9. The number of hydrogen-bond donors (Lipinski definition) is 0. The van der Waals surface area contributed by atoms with Gasteiger partial charge in [-0.15, -0.1) is 0 Å². The minimum absolute atomic E-state index is 0.655. The van der Waals surface area contributed by atoms with E-state index in [0.29, 0.717) is 5.71 Å². The minimum Gasteiger partial charge on any atom is -0.436 e. The fourth-order valence-electron chi connectivity index (χ4n) is 6.80. The van der Waals surface area contributed by atoms with Gasteiger partial charge in [0.2, 0.25) is 5.71 Å². The van der Waals surface area contributed by atoms with Crippen LogP contribution in [0.4, 0.5) is 0 Å². The van der Waals surface area contributed by atoms with Crippen molar-refractivity contribution in [2.75, 3.05) is 0 Å². The number of hydrogen-bond acceptors (Lipinski definition) is 3. The van der Waals surface area contributed by atoms with Crippen molar-refractivity contribution in [3.8, 4) is 11.4 Å². The highest BCUT2D eigenvalue weighted by Crippen LogP contribution is 2.42. The first kappa shape index (κ1) is 21.9. The molecule has 6 nitrogen and oxygen atoms in total. The van der Waals surface area contributed by atoms with Crippen molar-refractivity contribution >= 4 is 71.5 Å². The van der Waals surface area contributed by atoms with E-state index in [-0.39, 0.29) is 0 Å². The lowest BCUT2D eigenvalue weighted by atomic mass is 10.1. The molecule has 0 spiro atoms. The molecular formula is C36H21N5O. The van der Waals surface area contributed by atoms with E-state index in [1.54, 1.807) is 10.7 Å². The van der Waals surface area contributed by atoms with Crippen molar-refractivity contribution in [3.05, 3.63) is 128 Å². The quantitative estimate of drug-likeness (QED) is 0.221. The first-order valence-electron chi connectivity index (χ1n) is 14.0. The monoisotopic (exact) mass is 539 g/mol. The Bertz CT molecular complexity index is 2690. The molecule has 6 heteroatoms. The molecule has 0 radical (unpaired) electrons. The molecule has 0 fully saturated rings. The number of imidazole rings is 1. The summed E-state index contributed by atoms with van der Waals surface area (Å²) in [6.45, 7) is 0. The van der Waals surface area contributed by atoms with Gasteiger partial charge < -0.3 is 13.6 Å². The summed E-state index contributed by atoms with van der Waals surface area (Å²) in [5.41, 5.74) is 9.87. The Morgan fingerprint density at radius 2 is 1.24 bits per heavy atom. The Balaban J connectivity index is 1.39. The van der Waals surface area contributed by atoms with Gasteiger partial charge in [0, 0.05) is 33.4 Å². The Hall–Kier alpha value is -5.88. The molecule has 0 bridgehead atoms. The fraction of sp³-hybridized carbons (Fsp3) is 0. The molecule has 5 aromatic heterocycles. The summed E-state index contributed by atoms with van der Waals surface area (Å²) in [5.74, 6) is 0. The lowest BCUT2D eigenvalue weighted by molar-refractivity contribution is 0.637. The third-order valence-electron chi connectivity index (χ3n) is 8.52. The standard InChI is InChI=1S/C36H21N5O/c1-2-10-22(11-3-1)39-27-14-6-4-12-23(27)25-21-31-26(20-30(25)39)24-13-5-7-15-28(24)40(31)29-16-8-17-32-34(29)35-36(42-32)41-33(38-35)18-9-19-37-41/h1-21H. The highest BCUT2D eigenvalue weighted by Gasteiger charge is 2.22. The summed E-state index contributed by atoms with van der Waals surface area (Å²) in [6, 6.07) is 42.7. The Labute approximate surface area is 238 Å². The van der Waals surface area contributed by atoms with Gasteiger partial charge in [-0.1, -0.05) is 60.7 Å². The number of rotatable bonds is 2. The van der Waals surface area contributed by atoms with Crippen LogP contribution < -0.4 is 0 Å². The molecule has 10 rings (SSSR count). The maximum Gasteiger partial charge on any atom is 0.249 e. The summed E-state index contributed by atoms with van der Waals surface area (Å²) in [4.78, 5) is 4.95. The average Bonchev–Trinajstić information content (AvgIpc) is 3.77. The maximum absolute atomic E-state index is 6.37. The van der Waals surface area contributed by atoms with E-state index in [9.17, 15) is 0 Å². The van der Waals surface area contributed by atoms with Crippen LogP contribution in [0.1, 0.15) is 0 Å². The predicted molar refractivity (Wildman–Crippen MR) is 169 cm³/mol. The van der Waals surface area contributed by atoms with Crippen molar-refractivity contribution in [1.82, 2.24) is 23.7 Å². The molecule has 5 aromatic carbocycles. The van der Waals surface area contributed by atoms with Crippen LogP contribution in [0.3, 0.4) is 0 Å². The zero-order chi connectivity index (χ0) is 27.4. The van der Waals surface area contributed by atoms with Gasteiger partial charge in [-0.25, -0.2) is 4.98 Å². The third-order valence-corrected chi connectivity index (χ3v) is 8.52. The molecule has 0 aliphatic rings. The second-order valence-electron chi connectivity index (χ2n) is 10.7. The van der Waals surface area contributed by atoms with E-state index in [1.165, 1.54) is 32.6 Å². The van der Waals surface area contributed by atoms with E-state index >= 15 is 0 Å². The number of furan rings is 1. The molecule has 0 saturated carbocycles. The smallest absolute Gasteiger partial charge is 0.249 e. The van der Waals surface area contributed by atoms with Crippen LogP contribution >= 0.6 is 0 Å². The Morgan fingerprint density at radius 3 is 2.02 bits per heavy atom. The van der Waals surface area contributed by atoms with Crippen LogP contribution in [0.2, 0.25) is 0 Å². The van der Waals surface area contributed by atoms with E-state index < -0.39 is 0 Å². The minimum atomic E-state index is 0.655. The van der Waals surface area contributed by atoms with Crippen LogP contribution in [0.25, 0.3) is 82.8 Å². The van der Waals surface area contributed by atoms with Gasteiger partial charge >= 0.3 is 0 Å². The van der Waals surface area contributed by atoms with Crippen molar-refractivity contribution in [2.24, 2.45) is 0 Å². The summed E-state index contributed by atoms with van der Waals surface area (Å²) in [5, 5.41) is 10.3. The van der Waals surface area contributed by atoms with Crippen molar-refractivity contribution in [1.29, 1.82) is 0 Å². The average molecular weight is 540 g/mol. The van der Waals surface area contributed by atoms with Crippen LogP contribution in [-0.2, 0) is 0 Å². The Morgan fingerprint density at radius 1 is 0.548 bits per heavy atom. The van der Waals surface area contributed by atoms with Gasteiger partial charge in [0.05, 0.1) is 33.1 Å². The molecule has 0 saturated heterocycles. The van der Waals surface area contributed by atoms with Crippen LogP contribution in [0, 0.1) is 0 Å². The zero-order valence-electron chi connectivity index (χ0n) is 22.3. The summed E-state index contributed by atoms with van der Waals surface area (Å²) in [6.07, 6.45) is 1.76. The molecular weight excluding hydrogens is 518 g/mol. The van der Waals surface area contributed by atoms with Gasteiger partial charge in [0.15, 0.2) is 5.65 Å². The number of nitrogens with zero attached hydrogens (tertiary/aromatic N) is 5. The molecule has 0 atom stereocenters.